The molecule has 1 heterocycles. The van der Waals surface area contributed by atoms with E-state index in [4.69, 9.17) is 4.74 Å². The topological polar surface area (TPSA) is 84.0 Å². The second kappa shape index (κ2) is 9.63. The van der Waals surface area contributed by atoms with Gasteiger partial charge in [-0.25, -0.2) is 13.2 Å². The molecule has 2 aromatic rings. The maximum Gasteiger partial charge on any atom is 0.339 e. The first-order chi connectivity index (χ1) is 14.3. The van der Waals surface area contributed by atoms with Crippen LogP contribution in [0.15, 0.2) is 58.3 Å². The highest BCUT2D eigenvalue weighted by Crippen LogP contribution is 2.21. The van der Waals surface area contributed by atoms with Gasteiger partial charge in [0.05, 0.1) is 10.5 Å². The van der Waals surface area contributed by atoms with Crippen molar-refractivity contribution in [2.24, 2.45) is 0 Å². The molecule has 0 spiro atoms. The van der Waals surface area contributed by atoms with Crippen molar-refractivity contribution in [3.63, 3.8) is 0 Å². The van der Waals surface area contributed by atoms with Gasteiger partial charge in [-0.15, -0.1) is 11.8 Å². The van der Waals surface area contributed by atoms with Gasteiger partial charge in [-0.2, -0.15) is 4.31 Å². The molecule has 1 amide bonds. The lowest BCUT2D eigenvalue weighted by molar-refractivity contribution is -0.135. The summed E-state index contributed by atoms with van der Waals surface area (Å²) in [6.07, 6.45) is 1.86. The molecule has 0 N–H and O–H groups in total. The zero-order valence-corrected chi connectivity index (χ0v) is 18.5. The van der Waals surface area contributed by atoms with Gasteiger partial charge >= 0.3 is 5.97 Å². The third-order valence-corrected chi connectivity index (χ3v) is 7.61. The van der Waals surface area contributed by atoms with Gasteiger partial charge in [-0.05, 0) is 37.4 Å². The molecule has 0 atom stereocenters. The van der Waals surface area contributed by atoms with Gasteiger partial charge in [-0.1, -0.05) is 29.8 Å². The second-order valence-corrected chi connectivity index (χ2v) is 9.66. The predicted octanol–water partition coefficient (Wildman–Crippen LogP) is 2.41. The summed E-state index contributed by atoms with van der Waals surface area (Å²) in [5, 5.41) is 0. The van der Waals surface area contributed by atoms with Crippen LogP contribution in [0.1, 0.15) is 15.9 Å². The number of carbonyl (C=O) groups excluding carboxylic acids is 2. The molecule has 1 aliphatic heterocycles. The average molecular weight is 449 g/mol. The summed E-state index contributed by atoms with van der Waals surface area (Å²) in [6, 6.07) is 13.8. The van der Waals surface area contributed by atoms with Crippen LogP contribution in [0.4, 0.5) is 0 Å². The summed E-state index contributed by atoms with van der Waals surface area (Å²) >= 11 is 1.43. The molecule has 3 rings (SSSR count). The van der Waals surface area contributed by atoms with E-state index < -0.39 is 16.0 Å². The van der Waals surface area contributed by atoms with Crippen molar-refractivity contribution in [3.05, 3.63) is 59.7 Å². The molecule has 0 bridgehead atoms. The SMILES string of the molecule is CSc1ccccc1C(=O)OCC(=O)N1CCN(S(=O)(=O)c2ccc(C)cc2)CC1. The van der Waals surface area contributed by atoms with Gasteiger partial charge in [0.15, 0.2) is 6.61 Å². The number of thioether (sulfide) groups is 1. The Morgan fingerprint density at radius 2 is 1.63 bits per heavy atom. The van der Waals surface area contributed by atoms with E-state index in [1.54, 1.807) is 36.4 Å². The minimum Gasteiger partial charge on any atom is -0.452 e. The molecule has 0 aromatic heterocycles. The average Bonchev–Trinajstić information content (AvgIpc) is 2.77. The fourth-order valence-corrected chi connectivity index (χ4v) is 5.15. The summed E-state index contributed by atoms with van der Waals surface area (Å²) in [4.78, 5) is 27.3. The third kappa shape index (κ3) is 5.03. The maximum atomic E-state index is 12.8. The Balaban J connectivity index is 1.54. The van der Waals surface area contributed by atoms with Gasteiger partial charge < -0.3 is 9.64 Å². The monoisotopic (exact) mass is 448 g/mol. The first-order valence-corrected chi connectivity index (χ1v) is 12.1. The normalized spacial score (nSPS) is 15.1. The summed E-state index contributed by atoms with van der Waals surface area (Å²) in [5.41, 5.74) is 1.41. The molecule has 1 saturated heterocycles. The van der Waals surface area contributed by atoms with E-state index in [0.29, 0.717) is 5.56 Å². The number of esters is 1. The van der Waals surface area contributed by atoms with Crippen LogP contribution < -0.4 is 0 Å². The molecule has 1 fully saturated rings. The third-order valence-electron chi connectivity index (χ3n) is 4.90. The zero-order chi connectivity index (χ0) is 21.7. The summed E-state index contributed by atoms with van der Waals surface area (Å²) < 4.78 is 32.1. The molecule has 30 heavy (non-hydrogen) atoms. The number of rotatable bonds is 6. The van der Waals surface area contributed by atoms with Crippen molar-refractivity contribution < 1.29 is 22.7 Å². The number of hydrogen-bond donors (Lipinski definition) is 0. The molecule has 0 radical (unpaired) electrons. The Bertz CT molecular complexity index is 1010. The van der Waals surface area contributed by atoms with E-state index in [1.165, 1.54) is 21.0 Å². The number of sulfonamides is 1. The van der Waals surface area contributed by atoms with Crippen molar-refractivity contribution in [1.82, 2.24) is 9.21 Å². The molecule has 0 saturated carbocycles. The number of benzene rings is 2. The second-order valence-electron chi connectivity index (χ2n) is 6.87. The van der Waals surface area contributed by atoms with Crippen molar-refractivity contribution in [2.45, 2.75) is 16.7 Å². The van der Waals surface area contributed by atoms with E-state index in [-0.39, 0.29) is 43.6 Å². The van der Waals surface area contributed by atoms with Gasteiger partial charge in [0.25, 0.3) is 5.91 Å². The lowest BCUT2D eigenvalue weighted by atomic mass is 10.2. The predicted molar refractivity (Wildman–Crippen MR) is 115 cm³/mol. The van der Waals surface area contributed by atoms with Crippen LogP contribution in [-0.2, 0) is 19.6 Å². The van der Waals surface area contributed by atoms with Crippen LogP contribution in [0.2, 0.25) is 0 Å². The molecule has 0 unspecified atom stereocenters. The lowest BCUT2D eigenvalue weighted by Gasteiger charge is -2.33. The van der Waals surface area contributed by atoms with Crippen LogP contribution in [0, 0.1) is 6.92 Å². The van der Waals surface area contributed by atoms with E-state index in [2.05, 4.69) is 0 Å². The molecular weight excluding hydrogens is 424 g/mol. The van der Waals surface area contributed by atoms with E-state index >= 15 is 0 Å². The summed E-state index contributed by atoms with van der Waals surface area (Å²) in [7, 11) is -3.59. The van der Waals surface area contributed by atoms with Gasteiger partial charge in [0, 0.05) is 31.1 Å². The number of amides is 1. The first-order valence-electron chi connectivity index (χ1n) is 9.47. The number of nitrogens with zero attached hydrogens (tertiary/aromatic N) is 2. The van der Waals surface area contributed by atoms with Gasteiger partial charge in [-0.3, -0.25) is 4.79 Å². The van der Waals surface area contributed by atoms with Crippen LogP contribution in [0.25, 0.3) is 0 Å². The standard InChI is InChI=1S/C21H24N2O5S2/c1-16-7-9-17(10-8-16)30(26,27)23-13-11-22(12-14-23)20(24)15-28-21(25)18-5-3-4-6-19(18)29-2/h3-10H,11-15H2,1-2H3. The molecule has 160 valence electrons. The maximum absolute atomic E-state index is 12.8. The minimum atomic E-state index is -3.59. The van der Waals surface area contributed by atoms with Gasteiger partial charge in [0.2, 0.25) is 10.0 Å². The van der Waals surface area contributed by atoms with Crippen LogP contribution in [-0.4, -0.2) is 68.5 Å². The smallest absolute Gasteiger partial charge is 0.339 e. The number of piperazine rings is 1. The van der Waals surface area contributed by atoms with Crippen molar-refractivity contribution in [3.8, 4) is 0 Å². The number of carbonyl (C=O) groups is 2. The Hall–Kier alpha value is -2.36. The Kier molecular flexibility index (Phi) is 7.17. The molecule has 9 heteroatoms. The Morgan fingerprint density at radius 3 is 2.27 bits per heavy atom. The number of aryl methyl sites for hydroxylation is 1. The van der Waals surface area contributed by atoms with Crippen molar-refractivity contribution >= 4 is 33.7 Å². The van der Waals surface area contributed by atoms with E-state index in [9.17, 15) is 18.0 Å². The highest BCUT2D eigenvalue weighted by molar-refractivity contribution is 7.98. The zero-order valence-electron chi connectivity index (χ0n) is 16.9. The number of ether oxygens (including phenoxy) is 1. The highest BCUT2D eigenvalue weighted by atomic mass is 32.2. The van der Waals surface area contributed by atoms with Crippen LogP contribution >= 0.6 is 11.8 Å². The molecule has 0 aliphatic carbocycles. The highest BCUT2D eigenvalue weighted by Gasteiger charge is 2.30. The Labute approximate surface area is 181 Å². The first kappa shape index (κ1) is 22.3. The molecular formula is C21H24N2O5S2. The molecule has 7 nitrogen and oxygen atoms in total. The quantitative estimate of drug-likeness (QED) is 0.499. The fourth-order valence-electron chi connectivity index (χ4n) is 3.15. The minimum absolute atomic E-state index is 0.200. The fraction of sp³-hybridized carbons (Fsp3) is 0.333. The lowest BCUT2D eigenvalue weighted by Crippen LogP contribution is -2.51. The van der Waals surface area contributed by atoms with E-state index in [1.807, 2.05) is 25.3 Å². The summed E-state index contributed by atoms with van der Waals surface area (Å²) in [5.74, 6) is -0.883. The molecule has 1 aliphatic rings. The largest absolute Gasteiger partial charge is 0.452 e. The van der Waals surface area contributed by atoms with Crippen LogP contribution in [0.3, 0.4) is 0 Å². The summed E-state index contributed by atoms with van der Waals surface area (Å²) in [6.45, 7) is 2.43. The van der Waals surface area contributed by atoms with E-state index in [0.717, 1.165) is 10.5 Å². The van der Waals surface area contributed by atoms with Crippen molar-refractivity contribution in [2.75, 3.05) is 39.0 Å². The molecule has 2 aromatic carbocycles. The van der Waals surface area contributed by atoms with Crippen molar-refractivity contribution in [1.29, 1.82) is 0 Å². The number of hydrogen-bond acceptors (Lipinski definition) is 6. The van der Waals surface area contributed by atoms with Gasteiger partial charge in [0.1, 0.15) is 0 Å². The Morgan fingerprint density at radius 1 is 1.00 bits per heavy atom. The van der Waals surface area contributed by atoms with Crippen LogP contribution in [0.5, 0.6) is 0 Å².